The number of esters is 1. The number of carbonyl (C=O) groups excluding carboxylic acids is 2. The molecule has 1 aliphatic heterocycles. The van der Waals surface area contributed by atoms with E-state index < -0.39 is 0 Å². The fraction of sp³-hybridized carbons (Fsp3) is 0.615. The minimum atomic E-state index is -0.319. The van der Waals surface area contributed by atoms with Crippen LogP contribution in [-0.2, 0) is 27.2 Å². The molecule has 2 atom stereocenters. The Bertz CT molecular complexity index is 557. The van der Waals surface area contributed by atoms with Crippen molar-refractivity contribution in [3.8, 4) is 0 Å². The number of nitrogens with zero attached hydrogens (tertiary/aromatic N) is 2. The number of amides is 1. The van der Waals surface area contributed by atoms with Gasteiger partial charge in [-0.1, -0.05) is 0 Å². The van der Waals surface area contributed by atoms with E-state index in [2.05, 4.69) is 4.98 Å². The van der Waals surface area contributed by atoms with Crippen molar-refractivity contribution in [2.75, 3.05) is 19.4 Å². The number of aromatic nitrogens is 1. The molecule has 0 spiro atoms. The van der Waals surface area contributed by atoms with Crippen molar-refractivity contribution < 1.29 is 14.3 Å². The zero-order valence-corrected chi connectivity index (χ0v) is 12.1. The summed E-state index contributed by atoms with van der Waals surface area (Å²) in [5.41, 5.74) is 6.80. The number of methoxy groups -OCH3 is 1. The Morgan fingerprint density at radius 1 is 1.50 bits per heavy atom. The van der Waals surface area contributed by atoms with E-state index in [1.807, 2.05) is 4.90 Å². The van der Waals surface area contributed by atoms with Gasteiger partial charge in [0.1, 0.15) is 0 Å². The molecule has 1 aromatic heterocycles. The number of nitrogens with two attached hydrogens (primary N) is 1. The summed E-state index contributed by atoms with van der Waals surface area (Å²) >= 11 is 1.50. The van der Waals surface area contributed by atoms with Gasteiger partial charge in [-0.2, -0.15) is 0 Å². The number of carbonyl (C=O) groups is 2. The fourth-order valence-corrected chi connectivity index (χ4v) is 4.00. The van der Waals surface area contributed by atoms with Crippen molar-refractivity contribution in [3.63, 3.8) is 0 Å². The van der Waals surface area contributed by atoms with Gasteiger partial charge in [0.15, 0.2) is 5.13 Å². The number of anilines is 1. The summed E-state index contributed by atoms with van der Waals surface area (Å²) in [6, 6.07) is 0.157. The zero-order chi connectivity index (χ0) is 14.3. The lowest BCUT2D eigenvalue weighted by molar-refractivity contribution is -0.145. The van der Waals surface area contributed by atoms with Crippen molar-refractivity contribution in [2.24, 2.45) is 5.92 Å². The van der Waals surface area contributed by atoms with Gasteiger partial charge >= 0.3 is 5.97 Å². The molecule has 1 amide bonds. The third-order valence-corrected chi connectivity index (χ3v) is 5.01. The minimum absolute atomic E-state index is 0.0475. The molecule has 2 heterocycles. The summed E-state index contributed by atoms with van der Waals surface area (Å²) in [7, 11) is 1.36. The summed E-state index contributed by atoms with van der Waals surface area (Å²) in [5, 5.41) is 0.593. The molecule has 1 saturated heterocycles. The molecular formula is C13H17N3O3S. The predicted molar refractivity (Wildman–Crippen MR) is 74.2 cm³/mol. The van der Waals surface area contributed by atoms with Crippen LogP contribution in [-0.4, -0.2) is 41.5 Å². The van der Waals surface area contributed by atoms with Crippen LogP contribution < -0.4 is 5.73 Å². The molecule has 2 aliphatic rings. The third-order valence-electron chi connectivity index (χ3n) is 4.06. The Kier molecular flexibility index (Phi) is 3.37. The molecule has 1 aliphatic carbocycles. The van der Waals surface area contributed by atoms with Gasteiger partial charge in [0.2, 0.25) is 5.91 Å². The molecule has 1 fully saturated rings. The molecule has 7 heteroatoms. The Balaban J connectivity index is 1.72. The number of ether oxygens (including phenoxy) is 1. The van der Waals surface area contributed by atoms with Gasteiger partial charge < -0.3 is 15.4 Å². The highest BCUT2D eigenvalue weighted by atomic mass is 32.1. The van der Waals surface area contributed by atoms with E-state index in [4.69, 9.17) is 10.5 Å². The molecule has 0 aromatic carbocycles. The summed E-state index contributed by atoms with van der Waals surface area (Å²) in [6.07, 6.45) is 2.79. The lowest BCUT2D eigenvalue weighted by Gasteiger charge is -2.30. The molecule has 20 heavy (non-hydrogen) atoms. The average Bonchev–Trinajstić information content (AvgIpc) is 2.98. The van der Waals surface area contributed by atoms with Gasteiger partial charge in [-0.25, -0.2) is 4.98 Å². The summed E-state index contributed by atoms with van der Waals surface area (Å²) in [4.78, 5) is 31.0. The molecule has 0 saturated carbocycles. The first-order valence-electron chi connectivity index (χ1n) is 6.70. The van der Waals surface area contributed by atoms with Crippen molar-refractivity contribution >= 4 is 28.3 Å². The van der Waals surface area contributed by atoms with Crippen molar-refractivity contribution in [1.82, 2.24) is 9.88 Å². The van der Waals surface area contributed by atoms with Crippen molar-refractivity contribution in [2.45, 2.75) is 31.7 Å². The third kappa shape index (κ3) is 2.26. The molecule has 108 valence electrons. The molecule has 0 radical (unpaired) electrons. The van der Waals surface area contributed by atoms with Crippen LogP contribution in [0.15, 0.2) is 0 Å². The number of thiazole rings is 1. The van der Waals surface area contributed by atoms with E-state index in [9.17, 15) is 9.59 Å². The van der Waals surface area contributed by atoms with Crippen molar-refractivity contribution in [1.29, 1.82) is 0 Å². The van der Waals surface area contributed by atoms with Crippen LogP contribution in [0.25, 0.3) is 0 Å². The van der Waals surface area contributed by atoms with Crippen LogP contribution in [0.5, 0.6) is 0 Å². The Hall–Kier alpha value is -1.63. The molecule has 1 aromatic rings. The van der Waals surface area contributed by atoms with Gasteiger partial charge in [0.05, 0.1) is 18.7 Å². The first-order chi connectivity index (χ1) is 9.58. The molecule has 6 nitrogen and oxygen atoms in total. The first-order valence-corrected chi connectivity index (χ1v) is 7.51. The van der Waals surface area contributed by atoms with Gasteiger partial charge in [0.25, 0.3) is 0 Å². The highest BCUT2D eigenvalue weighted by Crippen LogP contribution is 2.32. The van der Waals surface area contributed by atoms with Gasteiger partial charge in [-0.05, 0) is 12.8 Å². The largest absolute Gasteiger partial charge is 0.469 e. The van der Waals surface area contributed by atoms with E-state index in [0.717, 1.165) is 25.0 Å². The zero-order valence-electron chi connectivity index (χ0n) is 11.3. The first kappa shape index (κ1) is 13.4. The maximum atomic E-state index is 12.1. The lowest BCUT2D eigenvalue weighted by atomic mass is 9.96. The van der Waals surface area contributed by atoms with E-state index in [-0.39, 0.29) is 30.3 Å². The van der Waals surface area contributed by atoms with Crippen molar-refractivity contribution in [3.05, 3.63) is 10.6 Å². The van der Waals surface area contributed by atoms with Gasteiger partial charge in [-0.15, -0.1) is 11.3 Å². The molecule has 3 rings (SSSR count). The monoisotopic (exact) mass is 295 g/mol. The topological polar surface area (TPSA) is 85.5 Å². The van der Waals surface area contributed by atoms with E-state index in [1.54, 1.807) is 0 Å². The number of rotatable bonds is 2. The van der Waals surface area contributed by atoms with Gasteiger partial charge in [-0.3, -0.25) is 9.59 Å². The number of fused-ring (bicyclic) bond motifs is 1. The van der Waals surface area contributed by atoms with Crippen LogP contribution in [0.3, 0.4) is 0 Å². The van der Waals surface area contributed by atoms with Crippen LogP contribution in [0, 0.1) is 5.92 Å². The summed E-state index contributed by atoms with van der Waals surface area (Å²) < 4.78 is 4.74. The standard InChI is InChI=1S/C13H17N3O3S/c1-19-12(18)7-4-11(17)16(6-7)8-2-3-9-10(5-8)20-13(14)15-9/h7-8H,2-6H2,1H3,(H2,14,15)/t7?,8-/m0/s1. The second-order valence-corrected chi connectivity index (χ2v) is 6.40. The fourth-order valence-electron chi connectivity index (χ4n) is 3.05. The number of likely N-dealkylation sites (tertiary alicyclic amines) is 1. The Morgan fingerprint density at radius 2 is 2.30 bits per heavy atom. The lowest BCUT2D eigenvalue weighted by Crippen LogP contribution is -2.40. The minimum Gasteiger partial charge on any atom is -0.469 e. The smallest absolute Gasteiger partial charge is 0.310 e. The maximum Gasteiger partial charge on any atom is 0.310 e. The SMILES string of the molecule is COC(=O)C1CC(=O)N([C@H]2CCc3nc(N)sc3C2)C1. The molecule has 1 unspecified atom stereocenters. The van der Waals surface area contributed by atoms with Gasteiger partial charge in [0, 0.05) is 30.3 Å². The second kappa shape index (κ2) is 5.05. The van der Waals surface area contributed by atoms with E-state index in [0.29, 0.717) is 11.7 Å². The number of hydrogen-bond donors (Lipinski definition) is 1. The van der Waals surface area contributed by atoms with Crippen LogP contribution in [0.4, 0.5) is 5.13 Å². The number of hydrogen-bond acceptors (Lipinski definition) is 6. The highest BCUT2D eigenvalue weighted by molar-refractivity contribution is 7.15. The number of nitrogen functional groups attached to an aromatic ring is 1. The normalized spacial score (nSPS) is 25.6. The average molecular weight is 295 g/mol. The van der Waals surface area contributed by atoms with Crippen LogP contribution in [0.2, 0.25) is 0 Å². The summed E-state index contributed by atoms with van der Waals surface area (Å²) in [6.45, 7) is 0.472. The van der Waals surface area contributed by atoms with E-state index >= 15 is 0 Å². The Morgan fingerprint density at radius 3 is 3.05 bits per heavy atom. The Labute approximate surface area is 120 Å². The second-order valence-electron chi connectivity index (χ2n) is 5.29. The summed E-state index contributed by atoms with van der Waals surface area (Å²) in [5.74, 6) is -0.564. The van der Waals surface area contributed by atoms with Crippen LogP contribution >= 0.6 is 11.3 Å². The van der Waals surface area contributed by atoms with E-state index in [1.165, 1.54) is 23.3 Å². The number of aryl methyl sites for hydroxylation is 1. The molecule has 0 bridgehead atoms. The highest BCUT2D eigenvalue weighted by Gasteiger charge is 2.39. The molecule has 2 N–H and O–H groups in total. The van der Waals surface area contributed by atoms with Crippen LogP contribution in [0.1, 0.15) is 23.4 Å². The maximum absolute atomic E-state index is 12.1. The predicted octanol–water partition coefficient (Wildman–Crippen LogP) is 0.604. The molecular weight excluding hydrogens is 278 g/mol. The quantitative estimate of drug-likeness (QED) is 0.808.